The number of carbonyl (C=O) groups is 2. The Morgan fingerprint density at radius 2 is 0.538 bits per heavy atom. The van der Waals surface area contributed by atoms with Gasteiger partial charge < -0.3 is 19.6 Å². The van der Waals surface area contributed by atoms with Crippen molar-refractivity contribution < 1.29 is 9.59 Å². The van der Waals surface area contributed by atoms with Gasteiger partial charge in [-0.1, -0.05) is 24.3 Å². The average molecular weight is 695 g/mol. The summed E-state index contributed by atoms with van der Waals surface area (Å²) in [7, 11) is 0. The van der Waals surface area contributed by atoms with Crippen molar-refractivity contribution in [3.63, 3.8) is 0 Å². The molecule has 0 heterocycles. The fourth-order valence-corrected chi connectivity index (χ4v) is 6.77. The molecular formula is C46H54N4O2. The van der Waals surface area contributed by atoms with Crippen LogP contribution in [0, 0.1) is 0 Å². The highest BCUT2D eigenvalue weighted by molar-refractivity contribution is 6.10. The minimum Gasteiger partial charge on any atom is -0.372 e. The fourth-order valence-electron chi connectivity index (χ4n) is 6.77. The molecule has 0 aromatic heterocycles. The SMILES string of the molecule is CCN(CC)c1ccc(C(=O)c2ccc(N(CC)Cc3ccc(CN(CC)c4ccc(C(=O)c5ccc(N(CC)CC)cc5)cc4)cc3)cc2)cc1. The van der Waals surface area contributed by atoms with Crippen LogP contribution in [0.25, 0.3) is 0 Å². The molecule has 0 aliphatic rings. The molecule has 0 radical (unpaired) electrons. The van der Waals surface area contributed by atoms with Gasteiger partial charge in [0.1, 0.15) is 0 Å². The molecule has 0 N–H and O–H groups in total. The van der Waals surface area contributed by atoms with E-state index >= 15 is 0 Å². The van der Waals surface area contributed by atoms with Crippen molar-refractivity contribution in [2.75, 3.05) is 58.9 Å². The molecule has 0 spiro atoms. The van der Waals surface area contributed by atoms with Gasteiger partial charge in [-0.15, -0.1) is 0 Å². The lowest BCUT2D eigenvalue weighted by atomic mass is 10.0. The van der Waals surface area contributed by atoms with Crippen LogP contribution in [0.4, 0.5) is 22.7 Å². The van der Waals surface area contributed by atoms with E-state index < -0.39 is 0 Å². The molecule has 0 saturated carbocycles. The van der Waals surface area contributed by atoms with Gasteiger partial charge in [0.05, 0.1) is 0 Å². The summed E-state index contributed by atoms with van der Waals surface area (Å²) in [5.74, 6) is 0.0807. The zero-order valence-corrected chi connectivity index (χ0v) is 31.8. The zero-order valence-electron chi connectivity index (χ0n) is 31.8. The van der Waals surface area contributed by atoms with Crippen LogP contribution >= 0.6 is 0 Å². The summed E-state index contributed by atoms with van der Waals surface area (Å²) in [6, 6.07) is 40.7. The van der Waals surface area contributed by atoms with Crippen molar-refractivity contribution in [2.24, 2.45) is 0 Å². The summed E-state index contributed by atoms with van der Waals surface area (Å²) in [5, 5.41) is 0. The van der Waals surface area contributed by atoms with E-state index in [4.69, 9.17) is 0 Å². The van der Waals surface area contributed by atoms with Crippen LogP contribution in [0.3, 0.4) is 0 Å². The lowest BCUT2D eigenvalue weighted by Gasteiger charge is -2.25. The van der Waals surface area contributed by atoms with Gasteiger partial charge in [-0.05, 0) is 150 Å². The Balaban J connectivity index is 1.17. The van der Waals surface area contributed by atoms with Crippen LogP contribution in [-0.2, 0) is 13.1 Å². The fraction of sp³-hybridized carbons (Fsp3) is 0.304. The normalized spacial score (nSPS) is 10.9. The second kappa shape index (κ2) is 18.2. The van der Waals surface area contributed by atoms with Gasteiger partial charge in [0.25, 0.3) is 0 Å². The summed E-state index contributed by atoms with van der Waals surface area (Å²) in [4.78, 5) is 35.6. The molecule has 0 amide bonds. The minimum atomic E-state index is 0.0403. The number of benzene rings is 5. The molecule has 0 unspecified atom stereocenters. The van der Waals surface area contributed by atoms with Crippen molar-refractivity contribution in [2.45, 2.75) is 54.6 Å². The predicted octanol–water partition coefficient (Wildman–Crippen LogP) is 9.89. The van der Waals surface area contributed by atoms with E-state index in [1.54, 1.807) is 0 Å². The Morgan fingerprint density at radius 3 is 0.750 bits per heavy atom. The number of rotatable bonds is 18. The van der Waals surface area contributed by atoms with Gasteiger partial charge in [0.2, 0.25) is 0 Å². The highest BCUT2D eigenvalue weighted by Gasteiger charge is 2.14. The third-order valence-corrected chi connectivity index (χ3v) is 10.0. The van der Waals surface area contributed by atoms with Gasteiger partial charge in [-0.3, -0.25) is 9.59 Å². The van der Waals surface area contributed by atoms with Crippen LogP contribution in [0.2, 0.25) is 0 Å². The number of hydrogen-bond donors (Lipinski definition) is 0. The van der Waals surface area contributed by atoms with E-state index in [1.165, 1.54) is 11.1 Å². The smallest absolute Gasteiger partial charge is 0.193 e. The zero-order chi connectivity index (χ0) is 37.0. The molecule has 0 aliphatic carbocycles. The second-order valence-electron chi connectivity index (χ2n) is 13.0. The number of carbonyl (C=O) groups excluding carboxylic acids is 2. The summed E-state index contributed by atoms with van der Waals surface area (Å²) < 4.78 is 0. The first-order valence-corrected chi connectivity index (χ1v) is 18.9. The molecular weight excluding hydrogens is 641 g/mol. The van der Waals surface area contributed by atoms with E-state index in [2.05, 4.69) is 110 Å². The summed E-state index contributed by atoms with van der Waals surface area (Å²) in [6.07, 6.45) is 0. The summed E-state index contributed by atoms with van der Waals surface area (Å²) in [6.45, 7) is 19.9. The largest absolute Gasteiger partial charge is 0.372 e. The standard InChI is InChI=1S/C46H54N4O2/c1-7-47(8-2)41-25-17-37(18-26-41)45(51)39-21-29-43(30-22-39)49(11-5)33-35-13-15-36(16-14-35)34-50(12-6)44-31-23-40(24-32-44)46(52)38-19-27-42(28-20-38)48(9-3)10-4/h13-32H,7-12,33-34H2,1-6H3. The molecule has 0 bridgehead atoms. The molecule has 5 aromatic rings. The van der Waals surface area contributed by atoms with Gasteiger partial charge >= 0.3 is 0 Å². The number of nitrogens with zero attached hydrogens (tertiary/aromatic N) is 4. The number of ketones is 2. The van der Waals surface area contributed by atoms with Crippen LogP contribution in [0.1, 0.15) is 84.5 Å². The van der Waals surface area contributed by atoms with Gasteiger partial charge in [0, 0.05) is 97.4 Å². The Labute approximate surface area is 311 Å². The Morgan fingerprint density at radius 1 is 0.327 bits per heavy atom. The van der Waals surface area contributed by atoms with Crippen molar-refractivity contribution in [3.05, 3.63) is 155 Å². The monoisotopic (exact) mass is 694 g/mol. The molecule has 270 valence electrons. The van der Waals surface area contributed by atoms with Crippen molar-refractivity contribution in [1.29, 1.82) is 0 Å². The molecule has 6 heteroatoms. The predicted molar refractivity (Wildman–Crippen MR) is 220 cm³/mol. The van der Waals surface area contributed by atoms with E-state index in [1.807, 2.05) is 72.8 Å². The molecule has 0 saturated heterocycles. The van der Waals surface area contributed by atoms with E-state index in [0.717, 1.165) is 75.1 Å². The van der Waals surface area contributed by atoms with Crippen LogP contribution in [-0.4, -0.2) is 50.8 Å². The maximum atomic E-state index is 13.2. The lowest BCUT2D eigenvalue weighted by Crippen LogP contribution is -2.23. The first-order valence-electron chi connectivity index (χ1n) is 18.9. The topological polar surface area (TPSA) is 47.1 Å². The minimum absolute atomic E-state index is 0.0403. The molecule has 0 atom stereocenters. The third-order valence-electron chi connectivity index (χ3n) is 10.0. The highest BCUT2D eigenvalue weighted by Crippen LogP contribution is 2.24. The van der Waals surface area contributed by atoms with Gasteiger partial charge in [-0.25, -0.2) is 0 Å². The summed E-state index contributed by atoms with van der Waals surface area (Å²) >= 11 is 0. The molecule has 6 nitrogen and oxygen atoms in total. The Bertz CT molecular complexity index is 1720. The molecule has 5 aromatic carbocycles. The number of anilines is 4. The maximum absolute atomic E-state index is 13.2. The molecule has 0 fully saturated rings. The second-order valence-corrected chi connectivity index (χ2v) is 13.0. The van der Waals surface area contributed by atoms with Crippen LogP contribution in [0.5, 0.6) is 0 Å². The average Bonchev–Trinajstić information content (AvgIpc) is 3.20. The van der Waals surface area contributed by atoms with Crippen molar-refractivity contribution in [3.8, 4) is 0 Å². The van der Waals surface area contributed by atoms with Gasteiger partial charge in [-0.2, -0.15) is 0 Å². The first kappa shape index (κ1) is 37.9. The molecule has 0 aliphatic heterocycles. The van der Waals surface area contributed by atoms with E-state index in [-0.39, 0.29) is 11.6 Å². The van der Waals surface area contributed by atoms with Crippen LogP contribution in [0.15, 0.2) is 121 Å². The Hall–Kier alpha value is -5.36. The molecule has 5 rings (SSSR count). The summed E-state index contributed by atoms with van der Waals surface area (Å²) in [5.41, 5.74) is 9.73. The first-order chi connectivity index (χ1) is 25.3. The van der Waals surface area contributed by atoms with E-state index in [9.17, 15) is 9.59 Å². The van der Waals surface area contributed by atoms with Crippen molar-refractivity contribution >= 4 is 34.3 Å². The quantitative estimate of drug-likeness (QED) is 0.0852. The number of hydrogen-bond acceptors (Lipinski definition) is 6. The van der Waals surface area contributed by atoms with Crippen molar-refractivity contribution in [1.82, 2.24) is 0 Å². The lowest BCUT2D eigenvalue weighted by molar-refractivity contribution is 0.103. The van der Waals surface area contributed by atoms with Crippen LogP contribution < -0.4 is 19.6 Å². The maximum Gasteiger partial charge on any atom is 0.193 e. The Kier molecular flexibility index (Phi) is 13.3. The highest BCUT2D eigenvalue weighted by atomic mass is 16.1. The third kappa shape index (κ3) is 9.10. The molecule has 52 heavy (non-hydrogen) atoms. The van der Waals surface area contributed by atoms with E-state index in [0.29, 0.717) is 22.3 Å². The van der Waals surface area contributed by atoms with Gasteiger partial charge in [0.15, 0.2) is 11.6 Å².